The second-order valence-corrected chi connectivity index (χ2v) is 5.68. The lowest BCUT2D eigenvalue weighted by Gasteiger charge is -2.28. The number of piperidine rings is 1. The molecule has 20 heavy (non-hydrogen) atoms. The summed E-state index contributed by atoms with van der Waals surface area (Å²) in [5.41, 5.74) is 2.15. The van der Waals surface area contributed by atoms with E-state index in [1.165, 1.54) is 24.8 Å². The maximum absolute atomic E-state index is 12.4. The van der Waals surface area contributed by atoms with Gasteiger partial charge in [-0.1, -0.05) is 44.5 Å². The Labute approximate surface area is 129 Å². The summed E-state index contributed by atoms with van der Waals surface area (Å²) < 4.78 is 0. The molecule has 3 heteroatoms. The number of hydrogen-bond acceptors (Lipinski definition) is 2. The molecule has 1 aromatic rings. The smallest absolute Gasteiger partial charge is 0.166 e. The van der Waals surface area contributed by atoms with Gasteiger partial charge in [0.2, 0.25) is 0 Å². The Kier molecular flexibility index (Phi) is 7.25. The minimum atomic E-state index is 0. The number of halogens is 1. The van der Waals surface area contributed by atoms with Crippen molar-refractivity contribution in [2.24, 2.45) is 5.92 Å². The summed E-state index contributed by atoms with van der Waals surface area (Å²) >= 11 is 0. The van der Waals surface area contributed by atoms with Crippen LogP contribution in [0.15, 0.2) is 24.3 Å². The lowest BCUT2D eigenvalue weighted by atomic mass is 9.97. The normalized spacial score (nSPS) is 17.3. The standard InChI is InChI=1S/C17H25NO.ClH/c1-3-15-7-9-16(10-8-15)17(19)14(2)13-18-11-5-4-6-12-18;/h7-10,14H,3-6,11-13H2,1-2H3;1H/t14-;/m1./s1. The van der Waals surface area contributed by atoms with Crippen molar-refractivity contribution in [3.05, 3.63) is 35.4 Å². The number of carbonyl (C=O) groups excluding carboxylic acids is 1. The van der Waals surface area contributed by atoms with E-state index in [1.807, 2.05) is 12.1 Å². The Bertz CT molecular complexity index is 410. The second kappa shape index (κ2) is 8.43. The van der Waals surface area contributed by atoms with Crippen LogP contribution in [0.4, 0.5) is 0 Å². The van der Waals surface area contributed by atoms with Gasteiger partial charge in [-0.2, -0.15) is 0 Å². The monoisotopic (exact) mass is 295 g/mol. The predicted octanol–water partition coefficient (Wildman–Crippen LogP) is 3.98. The van der Waals surface area contributed by atoms with Crippen LogP contribution in [-0.4, -0.2) is 30.3 Å². The van der Waals surface area contributed by atoms with Gasteiger partial charge >= 0.3 is 0 Å². The molecule has 0 bridgehead atoms. The first kappa shape index (κ1) is 17.2. The Balaban J connectivity index is 0.00000200. The van der Waals surface area contributed by atoms with Crippen LogP contribution in [0, 0.1) is 5.92 Å². The van der Waals surface area contributed by atoms with Gasteiger partial charge in [-0.05, 0) is 37.9 Å². The third-order valence-electron chi connectivity index (χ3n) is 4.08. The van der Waals surface area contributed by atoms with E-state index < -0.39 is 0 Å². The number of aryl methyl sites for hydroxylation is 1. The van der Waals surface area contributed by atoms with Crippen LogP contribution < -0.4 is 0 Å². The van der Waals surface area contributed by atoms with E-state index in [2.05, 4.69) is 30.9 Å². The van der Waals surface area contributed by atoms with E-state index in [1.54, 1.807) is 0 Å². The summed E-state index contributed by atoms with van der Waals surface area (Å²) in [4.78, 5) is 14.8. The molecule has 1 aliphatic heterocycles. The molecule has 0 spiro atoms. The molecule has 2 rings (SSSR count). The molecule has 1 saturated heterocycles. The van der Waals surface area contributed by atoms with E-state index in [0.29, 0.717) is 0 Å². The fourth-order valence-electron chi connectivity index (χ4n) is 2.80. The van der Waals surface area contributed by atoms with Crippen LogP contribution in [0.2, 0.25) is 0 Å². The number of ketones is 1. The quantitative estimate of drug-likeness (QED) is 0.766. The Morgan fingerprint density at radius 3 is 2.30 bits per heavy atom. The Morgan fingerprint density at radius 1 is 1.15 bits per heavy atom. The topological polar surface area (TPSA) is 20.3 Å². The van der Waals surface area contributed by atoms with Crippen molar-refractivity contribution in [1.82, 2.24) is 4.90 Å². The van der Waals surface area contributed by atoms with Gasteiger partial charge in [-0.15, -0.1) is 12.4 Å². The minimum Gasteiger partial charge on any atom is -0.303 e. The number of benzene rings is 1. The van der Waals surface area contributed by atoms with Crippen molar-refractivity contribution in [1.29, 1.82) is 0 Å². The number of Topliss-reactive ketones (excluding diaryl/α,β-unsaturated/α-hetero) is 1. The molecule has 1 fully saturated rings. The van der Waals surface area contributed by atoms with Crippen molar-refractivity contribution in [3.63, 3.8) is 0 Å². The van der Waals surface area contributed by atoms with Crippen LogP contribution >= 0.6 is 12.4 Å². The molecule has 1 heterocycles. The summed E-state index contributed by atoms with van der Waals surface area (Å²) in [5.74, 6) is 0.388. The van der Waals surface area contributed by atoms with Gasteiger partial charge in [0.1, 0.15) is 0 Å². The van der Waals surface area contributed by atoms with Crippen molar-refractivity contribution in [3.8, 4) is 0 Å². The highest BCUT2D eigenvalue weighted by Crippen LogP contribution is 2.15. The Morgan fingerprint density at radius 2 is 1.75 bits per heavy atom. The molecule has 1 aliphatic rings. The molecule has 112 valence electrons. The molecule has 0 aromatic heterocycles. The number of carbonyl (C=O) groups is 1. The van der Waals surface area contributed by atoms with Crippen LogP contribution in [-0.2, 0) is 6.42 Å². The molecular formula is C17H26ClNO. The second-order valence-electron chi connectivity index (χ2n) is 5.68. The SMILES string of the molecule is CCc1ccc(C(=O)[C@H](C)CN2CCCCC2)cc1.Cl. The number of likely N-dealkylation sites (tertiary alicyclic amines) is 1. The van der Waals surface area contributed by atoms with Crippen molar-refractivity contribution < 1.29 is 4.79 Å². The molecule has 2 nitrogen and oxygen atoms in total. The van der Waals surface area contributed by atoms with E-state index in [0.717, 1.165) is 31.6 Å². The summed E-state index contributed by atoms with van der Waals surface area (Å²) in [6.45, 7) is 7.42. The summed E-state index contributed by atoms with van der Waals surface area (Å²) in [5, 5.41) is 0. The van der Waals surface area contributed by atoms with E-state index >= 15 is 0 Å². The van der Waals surface area contributed by atoms with Gasteiger partial charge in [0.15, 0.2) is 5.78 Å². The fourth-order valence-corrected chi connectivity index (χ4v) is 2.80. The fraction of sp³-hybridized carbons (Fsp3) is 0.588. The van der Waals surface area contributed by atoms with Crippen LogP contribution in [0.25, 0.3) is 0 Å². The van der Waals surface area contributed by atoms with E-state index in [-0.39, 0.29) is 24.1 Å². The lowest BCUT2D eigenvalue weighted by Crippen LogP contribution is -2.35. The third-order valence-corrected chi connectivity index (χ3v) is 4.08. The largest absolute Gasteiger partial charge is 0.303 e. The zero-order valence-corrected chi connectivity index (χ0v) is 13.4. The number of rotatable bonds is 5. The van der Waals surface area contributed by atoms with Gasteiger partial charge in [0.05, 0.1) is 0 Å². The lowest BCUT2D eigenvalue weighted by molar-refractivity contribution is 0.0883. The van der Waals surface area contributed by atoms with Crippen molar-refractivity contribution in [2.45, 2.75) is 39.5 Å². The highest BCUT2D eigenvalue weighted by Gasteiger charge is 2.19. The molecule has 0 aliphatic carbocycles. The molecular weight excluding hydrogens is 270 g/mol. The molecule has 0 amide bonds. The zero-order chi connectivity index (χ0) is 13.7. The van der Waals surface area contributed by atoms with Gasteiger partial charge < -0.3 is 4.90 Å². The number of hydrogen-bond donors (Lipinski definition) is 0. The predicted molar refractivity (Wildman–Crippen MR) is 86.9 cm³/mol. The highest BCUT2D eigenvalue weighted by molar-refractivity contribution is 5.97. The van der Waals surface area contributed by atoms with E-state index in [4.69, 9.17) is 0 Å². The van der Waals surface area contributed by atoms with Crippen LogP contribution in [0.1, 0.15) is 49.0 Å². The first-order chi connectivity index (χ1) is 9.20. The van der Waals surface area contributed by atoms with Crippen molar-refractivity contribution >= 4 is 18.2 Å². The molecule has 1 aromatic carbocycles. The third kappa shape index (κ3) is 4.60. The first-order valence-electron chi connectivity index (χ1n) is 7.56. The Hall–Kier alpha value is -0.860. The highest BCUT2D eigenvalue weighted by atomic mass is 35.5. The molecule has 1 atom stereocenters. The van der Waals surface area contributed by atoms with Gasteiger partial charge in [0.25, 0.3) is 0 Å². The maximum Gasteiger partial charge on any atom is 0.166 e. The van der Waals surface area contributed by atoms with E-state index in [9.17, 15) is 4.79 Å². The zero-order valence-electron chi connectivity index (χ0n) is 12.6. The molecule has 0 N–H and O–H groups in total. The maximum atomic E-state index is 12.4. The minimum absolute atomic E-state index is 0. The molecule has 0 unspecified atom stereocenters. The molecule has 0 saturated carbocycles. The summed E-state index contributed by atoms with van der Waals surface area (Å²) in [7, 11) is 0. The molecule has 0 radical (unpaired) electrons. The average Bonchev–Trinajstić information content (AvgIpc) is 2.47. The average molecular weight is 296 g/mol. The van der Waals surface area contributed by atoms with Gasteiger partial charge in [0, 0.05) is 18.0 Å². The van der Waals surface area contributed by atoms with Crippen LogP contribution in [0.3, 0.4) is 0 Å². The first-order valence-corrected chi connectivity index (χ1v) is 7.56. The van der Waals surface area contributed by atoms with Crippen LogP contribution in [0.5, 0.6) is 0 Å². The van der Waals surface area contributed by atoms with Gasteiger partial charge in [-0.25, -0.2) is 0 Å². The van der Waals surface area contributed by atoms with Crippen molar-refractivity contribution in [2.75, 3.05) is 19.6 Å². The summed E-state index contributed by atoms with van der Waals surface area (Å²) in [6.07, 6.45) is 4.94. The summed E-state index contributed by atoms with van der Waals surface area (Å²) in [6, 6.07) is 8.10. The van der Waals surface area contributed by atoms with Gasteiger partial charge in [-0.3, -0.25) is 4.79 Å². The number of nitrogens with zero attached hydrogens (tertiary/aromatic N) is 1.